The Hall–Kier alpha value is -1.15. The summed E-state index contributed by atoms with van der Waals surface area (Å²) in [6.45, 7) is 1.46. The molecule has 0 heterocycles. The number of halogens is 1. The van der Waals surface area contributed by atoms with E-state index in [2.05, 4.69) is 0 Å². The van der Waals surface area contributed by atoms with Gasteiger partial charge in [-0.2, -0.15) is 0 Å². The highest BCUT2D eigenvalue weighted by molar-refractivity contribution is 6.18. The Kier molecular flexibility index (Phi) is 5.20. The van der Waals surface area contributed by atoms with Crippen LogP contribution in [0.5, 0.6) is 0 Å². The van der Waals surface area contributed by atoms with Gasteiger partial charge in [0, 0.05) is 11.4 Å². The normalized spacial score (nSPS) is 12.1. The first-order chi connectivity index (χ1) is 7.66. The second kappa shape index (κ2) is 6.44. The smallest absolute Gasteiger partial charge is 0.173 e. The SMILES string of the molecule is CC(=O)C(CCCCl)C(=O)c1ccccc1. The third kappa shape index (κ3) is 3.46. The fourth-order valence-corrected chi connectivity index (χ4v) is 1.76. The summed E-state index contributed by atoms with van der Waals surface area (Å²) in [6.07, 6.45) is 1.22. The van der Waals surface area contributed by atoms with Crippen molar-refractivity contribution in [3.63, 3.8) is 0 Å². The molecule has 16 heavy (non-hydrogen) atoms. The summed E-state index contributed by atoms with van der Waals surface area (Å²) < 4.78 is 0. The van der Waals surface area contributed by atoms with Crippen LogP contribution in [0, 0.1) is 5.92 Å². The molecule has 1 aromatic carbocycles. The molecule has 0 saturated heterocycles. The van der Waals surface area contributed by atoms with Crippen LogP contribution in [0.2, 0.25) is 0 Å². The summed E-state index contributed by atoms with van der Waals surface area (Å²) in [4.78, 5) is 23.4. The van der Waals surface area contributed by atoms with Gasteiger partial charge in [0.2, 0.25) is 0 Å². The lowest BCUT2D eigenvalue weighted by molar-refractivity contribution is -0.119. The Balaban J connectivity index is 2.79. The van der Waals surface area contributed by atoms with Gasteiger partial charge < -0.3 is 0 Å². The number of ketones is 2. The average Bonchev–Trinajstić information content (AvgIpc) is 2.30. The molecule has 0 bridgehead atoms. The Morgan fingerprint density at radius 1 is 1.25 bits per heavy atom. The maximum Gasteiger partial charge on any atom is 0.173 e. The highest BCUT2D eigenvalue weighted by atomic mass is 35.5. The minimum atomic E-state index is -0.541. The molecule has 0 amide bonds. The summed E-state index contributed by atoms with van der Waals surface area (Å²) in [7, 11) is 0. The molecule has 1 unspecified atom stereocenters. The van der Waals surface area contributed by atoms with E-state index in [1.54, 1.807) is 24.3 Å². The first kappa shape index (κ1) is 12.9. The van der Waals surface area contributed by atoms with E-state index in [0.717, 1.165) is 0 Å². The summed E-state index contributed by atoms with van der Waals surface area (Å²) in [5, 5.41) is 0. The number of hydrogen-bond acceptors (Lipinski definition) is 2. The maximum absolute atomic E-state index is 12.0. The van der Waals surface area contributed by atoms with Crippen molar-refractivity contribution in [2.24, 2.45) is 5.92 Å². The van der Waals surface area contributed by atoms with Crippen molar-refractivity contribution in [3.8, 4) is 0 Å². The van der Waals surface area contributed by atoms with E-state index in [4.69, 9.17) is 11.6 Å². The van der Waals surface area contributed by atoms with Crippen molar-refractivity contribution in [3.05, 3.63) is 35.9 Å². The number of rotatable bonds is 6. The molecule has 0 aliphatic heterocycles. The van der Waals surface area contributed by atoms with Gasteiger partial charge in [-0.1, -0.05) is 30.3 Å². The van der Waals surface area contributed by atoms with Crippen molar-refractivity contribution in [1.82, 2.24) is 0 Å². The lowest BCUT2D eigenvalue weighted by Gasteiger charge is -2.11. The predicted octanol–water partition coefficient (Wildman–Crippen LogP) is 3.09. The number of Topliss-reactive ketones (excluding diaryl/α,β-unsaturated/α-hetero) is 2. The molecule has 0 saturated carbocycles. The van der Waals surface area contributed by atoms with Crippen LogP contribution < -0.4 is 0 Å². The number of hydrogen-bond donors (Lipinski definition) is 0. The van der Waals surface area contributed by atoms with E-state index in [-0.39, 0.29) is 11.6 Å². The zero-order valence-electron chi connectivity index (χ0n) is 9.28. The molecule has 0 aliphatic rings. The molecular formula is C13H15ClO2. The fourth-order valence-electron chi connectivity index (χ4n) is 1.60. The molecule has 3 heteroatoms. The highest BCUT2D eigenvalue weighted by Gasteiger charge is 2.23. The molecule has 0 radical (unpaired) electrons. The molecule has 0 spiro atoms. The third-order valence-electron chi connectivity index (χ3n) is 2.49. The van der Waals surface area contributed by atoms with Gasteiger partial charge in [-0.3, -0.25) is 9.59 Å². The molecule has 1 rings (SSSR count). The summed E-state index contributed by atoms with van der Waals surface area (Å²) in [6, 6.07) is 8.91. The van der Waals surface area contributed by atoms with Crippen LogP contribution in [0.1, 0.15) is 30.1 Å². The van der Waals surface area contributed by atoms with E-state index < -0.39 is 5.92 Å². The second-order valence-electron chi connectivity index (χ2n) is 3.72. The summed E-state index contributed by atoms with van der Waals surface area (Å²) in [5.74, 6) is -0.246. The van der Waals surface area contributed by atoms with Crippen molar-refractivity contribution in [2.45, 2.75) is 19.8 Å². The van der Waals surface area contributed by atoms with Crippen LogP contribution in [0.15, 0.2) is 30.3 Å². The quantitative estimate of drug-likeness (QED) is 0.434. The van der Waals surface area contributed by atoms with Crippen LogP contribution in [0.4, 0.5) is 0 Å². The van der Waals surface area contributed by atoms with E-state index in [1.807, 2.05) is 6.07 Å². The van der Waals surface area contributed by atoms with Gasteiger partial charge in [0.15, 0.2) is 5.78 Å². The Morgan fingerprint density at radius 2 is 1.88 bits per heavy atom. The largest absolute Gasteiger partial charge is 0.299 e. The first-order valence-corrected chi connectivity index (χ1v) is 5.86. The van der Waals surface area contributed by atoms with Crippen LogP contribution in [0.3, 0.4) is 0 Å². The molecule has 0 aromatic heterocycles. The molecule has 0 fully saturated rings. The van der Waals surface area contributed by atoms with E-state index in [0.29, 0.717) is 24.3 Å². The summed E-state index contributed by atoms with van der Waals surface area (Å²) >= 11 is 5.58. The van der Waals surface area contributed by atoms with Crippen molar-refractivity contribution < 1.29 is 9.59 Å². The highest BCUT2D eigenvalue weighted by Crippen LogP contribution is 2.15. The molecule has 0 N–H and O–H groups in total. The van der Waals surface area contributed by atoms with Gasteiger partial charge >= 0.3 is 0 Å². The van der Waals surface area contributed by atoms with Gasteiger partial charge in [-0.05, 0) is 19.8 Å². The van der Waals surface area contributed by atoms with Gasteiger partial charge in [0.25, 0.3) is 0 Å². The lowest BCUT2D eigenvalue weighted by Crippen LogP contribution is -2.22. The fraction of sp³-hybridized carbons (Fsp3) is 0.385. The average molecular weight is 239 g/mol. The van der Waals surface area contributed by atoms with E-state index in [1.165, 1.54) is 6.92 Å². The van der Waals surface area contributed by atoms with Crippen molar-refractivity contribution in [1.29, 1.82) is 0 Å². The zero-order chi connectivity index (χ0) is 12.0. The number of alkyl halides is 1. The number of carbonyl (C=O) groups is 2. The predicted molar refractivity (Wildman–Crippen MR) is 64.9 cm³/mol. The standard InChI is InChI=1S/C13H15ClO2/c1-10(15)12(8-5-9-14)13(16)11-6-3-2-4-7-11/h2-4,6-7,12H,5,8-9H2,1H3. The van der Waals surface area contributed by atoms with Crippen molar-refractivity contribution >= 4 is 23.2 Å². The molecule has 2 nitrogen and oxygen atoms in total. The number of carbonyl (C=O) groups excluding carboxylic acids is 2. The molecule has 1 atom stereocenters. The van der Waals surface area contributed by atoms with Crippen LogP contribution >= 0.6 is 11.6 Å². The minimum absolute atomic E-state index is 0.0843. The van der Waals surface area contributed by atoms with Gasteiger partial charge in [0.05, 0.1) is 5.92 Å². The zero-order valence-corrected chi connectivity index (χ0v) is 10.0. The van der Waals surface area contributed by atoms with E-state index >= 15 is 0 Å². The Bertz CT molecular complexity index is 359. The monoisotopic (exact) mass is 238 g/mol. The Morgan fingerprint density at radius 3 is 2.38 bits per heavy atom. The lowest BCUT2D eigenvalue weighted by atomic mass is 9.90. The molecule has 1 aromatic rings. The number of benzene rings is 1. The molecular weight excluding hydrogens is 224 g/mol. The topological polar surface area (TPSA) is 34.1 Å². The minimum Gasteiger partial charge on any atom is -0.299 e. The van der Waals surface area contributed by atoms with Gasteiger partial charge in [-0.15, -0.1) is 11.6 Å². The van der Waals surface area contributed by atoms with Gasteiger partial charge in [-0.25, -0.2) is 0 Å². The second-order valence-corrected chi connectivity index (χ2v) is 4.10. The first-order valence-electron chi connectivity index (χ1n) is 5.32. The molecule has 86 valence electrons. The summed E-state index contributed by atoms with van der Waals surface area (Å²) in [5.41, 5.74) is 0.595. The van der Waals surface area contributed by atoms with Crippen molar-refractivity contribution in [2.75, 3.05) is 5.88 Å². The van der Waals surface area contributed by atoms with Crippen LogP contribution in [-0.2, 0) is 4.79 Å². The van der Waals surface area contributed by atoms with Gasteiger partial charge in [0.1, 0.15) is 5.78 Å². The van der Waals surface area contributed by atoms with Crippen LogP contribution in [0.25, 0.3) is 0 Å². The Labute approximate surface area is 101 Å². The third-order valence-corrected chi connectivity index (χ3v) is 2.76. The molecule has 0 aliphatic carbocycles. The van der Waals surface area contributed by atoms with Crippen LogP contribution in [-0.4, -0.2) is 17.4 Å². The maximum atomic E-state index is 12.0. The van der Waals surface area contributed by atoms with E-state index in [9.17, 15) is 9.59 Å².